The van der Waals surface area contributed by atoms with Gasteiger partial charge in [-0.1, -0.05) is 25.8 Å². The predicted octanol–water partition coefficient (Wildman–Crippen LogP) is 4.66. The van der Waals surface area contributed by atoms with E-state index in [1.165, 1.54) is 37.8 Å². The van der Waals surface area contributed by atoms with E-state index in [4.69, 9.17) is 0 Å². The first-order valence-corrected chi connectivity index (χ1v) is 10.2. The van der Waals surface area contributed by atoms with Crippen LogP contribution in [-0.4, -0.2) is 20.7 Å². The van der Waals surface area contributed by atoms with Gasteiger partial charge in [-0.25, -0.2) is 4.98 Å². The zero-order valence-electron chi connectivity index (χ0n) is 16.1. The minimum Gasteiger partial charge on any atom is -0.307 e. The Balaban J connectivity index is 1.55. The zero-order valence-corrected chi connectivity index (χ0v) is 16.1. The molecule has 0 radical (unpaired) electrons. The molecule has 0 atom stereocenters. The molecule has 0 bridgehead atoms. The van der Waals surface area contributed by atoms with Gasteiger partial charge in [0.05, 0.1) is 6.20 Å². The number of hydrogen-bond donors (Lipinski definition) is 1. The van der Waals surface area contributed by atoms with Gasteiger partial charge < -0.3 is 5.32 Å². The second-order valence-electron chi connectivity index (χ2n) is 7.88. The van der Waals surface area contributed by atoms with Crippen molar-refractivity contribution in [2.75, 3.05) is 5.32 Å². The fourth-order valence-electron chi connectivity index (χ4n) is 4.36. The number of carbonyl (C=O) groups is 1. The molecule has 0 spiro atoms. The molecule has 1 amide bonds. The Morgan fingerprint density at radius 1 is 1.15 bits per heavy atom. The summed E-state index contributed by atoms with van der Waals surface area (Å²) >= 11 is 0. The van der Waals surface area contributed by atoms with Crippen LogP contribution in [0, 0.1) is 12.8 Å². The number of rotatable bonds is 4. The van der Waals surface area contributed by atoms with Crippen molar-refractivity contribution in [1.29, 1.82) is 0 Å². The van der Waals surface area contributed by atoms with Crippen molar-refractivity contribution in [2.45, 2.75) is 64.8 Å². The highest BCUT2D eigenvalue weighted by molar-refractivity contribution is 6.03. The fraction of sp³-hybridized carbons (Fsp3) is 0.500. The van der Waals surface area contributed by atoms with Crippen LogP contribution < -0.4 is 5.32 Å². The Morgan fingerprint density at radius 3 is 2.78 bits per heavy atom. The second-order valence-corrected chi connectivity index (χ2v) is 7.88. The molecule has 2 aliphatic rings. The normalized spacial score (nSPS) is 17.4. The minimum absolute atomic E-state index is 0.0961. The standard InChI is InChI=1S/C22H28N4O/c1-15-13-23-21(25-22(27)16(2)17-8-4-3-5-9-17)12-18(15)19-14-24-26-11-7-6-10-20(19)26/h12-14,17H,2-11H2,1H3,(H,23,25,27). The van der Waals surface area contributed by atoms with Gasteiger partial charge in [0.2, 0.25) is 0 Å². The average molecular weight is 364 g/mol. The Bertz CT molecular complexity index is 861. The van der Waals surface area contributed by atoms with Gasteiger partial charge in [0.25, 0.3) is 5.91 Å². The molecule has 1 fully saturated rings. The number of aryl methyl sites for hydroxylation is 2. The fourth-order valence-corrected chi connectivity index (χ4v) is 4.36. The van der Waals surface area contributed by atoms with Gasteiger partial charge in [-0.2, -0.15) is 5.10 Å². The molecule has 3 heterocycles. The van der Waals surface area contributed by atoms with Crippen LogP contribution in [0.4, 0.5) is 5.82 Å². The number of aromatic nitrogens is 3. The van der Waals surface area contributed by atoms with Gasteiger partial charge >= 0.3 is 0 Å². The van der Waals surface area contributed by atoms with Crippen molar-refractivity contribution >= 4 is 11.7 Å². The molecule has 4 rings (SSSR count). The molecule has 1 saturated carbocycles. The molecule has 2 aromatic rings. The van der Waals surface area contributed by atoms with Crippen molar-refractivity contribution in [3.8, 4) is 11.1 Å². The van der Waals surface area contributed by atoms with Crippen LogP contribution in [0.5, 0.6) is 0 Å². The predicted molar refractivity (Wildman–Crippen MR) is 107 cm³/mol. The van der Waals surface area contributed by atoms with E-state index in [9.17, 15) is 4.79 Å². The molecule has 0 aromatic carbocycles. The van der Waals surface area contributed by atoms with Gasteiger partial charge in [-0.3, -0.25) is 9.48 Å². The quantitative estimate of drug-likeness (QED) is 0.802. The van der Waals surface area contributed by atoms with Gasteiger partial charge in [0.1, 0.15) is 5.82 Å². The van der Waals surface area contributed by atoms with Crippen LogP contribution in [-0.2, 0) is 17.8 Å². The van der Waals surface area contributed by atoms with E-state index in [-0.39, 0.29) is 5.91 Å². The summed E-state index contributed by atoms with van der Waals surface area (Å²) < 4.78 is 2.11. The summed E-state index contributed by atoms with van der Waals surface area (Å²) in [5, 5.41) is 7.52. The molecular weight excluding hydrogens is 336 g/mol. The van der Waals surface area contributed by atoms with E-state index < -0.39 is 0 Å². The Kier molecular flexibility index (Phi) is 5.10. The highest BCUT2D eigenvalue weighted by Crippen LogP contribution is 2.32. The summed E-state index contributed by atoms with van der Waals surface area (Å²) in [6, 6.07) is 1.98. The number of carbonyl (C=O) groups excluding carboxylic acids is 1. The van der Waals surface area contributed by atoms with Crippen LogP contribution >= 0.6 is 0 Å². The maximum atomic E-state index is 12.7. The van der Waals surface area contributed by atoms with Crippen LogP contribution in [0.3, 0.4) is 0 Å². The third-order valence-electron chi connectivity index (χ3n) is 6.01. The maximum Gasteiger partial charge on any atom is 0.252 e. The topological polar surface area (TPSA) is 59.8 Å². The average Bonchev–Trinajstić information content (AvgIpc) is 3.13. The van der Waals surface area contributed by atoms with Gasteiger partial charge in [0.15, 0.2) is 0 Å². The maximum absolute atomic E-state index is 12.7. The summed E-state index contributed by atoms with van der Waals surface area (Å²) in [6.07, 6.45) is 13.0. The molecule has 142 valence electrons. The third-order valence-corrected chi connectivity index (χ3v) is 6.01. The number of hydrogen-bond acceptors (Lipinski definition) is 3. The summed E-state index contributed by atoms with van der Waals surface area (Å²) in [5.74, 6) is 0.806. The number of fused-ring (bicyclic) bond motifs is 1. The summed E-state index contributed by atoms with van der Waals surface area (Å²) in [7, 11) is 0. The van der Waals surface area contributed by atoms with E-state index in [0.717, 1.165) is 42.5 Å². The Labute approximate surface area is 160 Å². The number of nitrogens with one attached hydrogen (secondary N) is 1. The monoisotopic (exact) mass is 364 g/mol. The number of pyridine rings is 1. The lowest BCUT2D eigenvalue weighted by Crippen LogP contribution is -2.22. The Hall–Kier alpha value is -2.43. The lowest BCUT2D eigenvalue weighted by atomic mass is 9.84. The summed E-state index contributed by atoms with van der Waals surface area (Å²) in [6.45, 7) is 7.12. The third kappa shape index (κ3) is 3.68. The van der Waals surface area contributed by atoms with E-state index in [2.05, 4.69) is 33.6 Å². The van der Waals surface area contributed by atoms with Crippen molar-refractivity contribution < 1.29 is 4.79 Å². The first kappa shape index (κ1) is 18.0. The van der Waals surface area contributed by atoms with E-state index >= 15 is 0 Å². The van der Waals surface area contributed by atoms with Crippen LogP contribution in [0.25, 0.3) is 11.1 Å². The van der Waals surface area contributed by atoms with E-state index in [1.807, 2.05) is 18.5 Å². The summed E-state index contributed by atoms with van der Waals surface area (Å²) in [4.78, 5) is 17.1. The van der Waals surface area contributed by atoms with Crippen LogP contribution in [0.2, 0.25) is 0 Å². The largest absolute Gasteiger partial charge is 0.307 e. The lowest BCUT2D eigenvalue weighted by Gasteiger charge is -2.23. The molecule has 1 aliphatic carbocycles. The zero-order chi connectivity index (χ0) is 18.8. The highest BCUT2D eigenvalue weighted by Gasteiger charge is 2.22. The van der Waals surface area contributed by atoms with Crippen LogP contribution in [0.15, 0.2) is 30.6 Å². The SMILES string of the molecule is C=C(C(=O)Nc1cc(-c2cnn3c2CCCC3)c(C)cn1)C1CCCCC1. The first-order chi connectivity index (χ1) is 13.1. The molecule has 0 unspecified atom stereocenters. The van der Waals surface area contributed by atoms with Gasteiger partial charge in [-0.05, 0) is 62.1 Å². The minimum atomic E-state index is -0.0961. The molecule has 1 N–H and O–H groups in total. The number of anilines is 1. The number of amides is 1. The van der Waals surface area contributed by atoms with Crippen molar-refractivity contribution in [3.63, 3.8) is 0 Å². The van der Waals surface area contributed by atoms with Crippen molar-refractivity contribution in [2.24, 2.45) is 5.92 Å². The molecule has 5 nitrogen and oxygen atoms in total. The van der Waals surface area contributed by atoms with Gasteiger partial charge in [0, 0.05) is 29.6 Å². The number of nitrogens with zero attached hydrogens (tertiary/aromatic N) is 3. The smallest absolute Gasteiger partial charge is 0.252 e. The van der Waals surface area contributed by atoms with Crippen molar-refractivity contribution in [1.82, 2.24) is 14.8 Å². The van der Waals surface area contributed by atoms with E-state index in [0.29, 0.717) is 17.3 Å². The molecular formula is C22H28N4O. The van der Waals surface area contributed by atoms with Crippen LogP contribution in [0.1, 0.15) is 56.2 Å². The molecule has 5 heteroatoms. The summed E-state index contributed by atoms with van der Waals surface area (Å²) in [5.41, 5.74) is 5.35. The van der Waals surface area contributed by atoms with Crippen molar-refractivity contribution in [3.05, 3.63) is 41.9 Å². The second kappa shape index (κ2) is 7.67. The van der Waals surface area contributed by atoms with Gasteiger partial charge in [-0.15, -0.1) is 0 Å². The molecule has 1 aliphatic heterocycles. The highest BCUT2D eigenvalue weighted by atomic mass is 16.1. The molecule has 2 aromatic heterocycles. The Morgan fingerprint density at radius 2 is 1.96 bits per heavy atom. The molecule has 0 saturated heterocycles. The molecule has 27 heavy (non-hydrogen) atoms. The lowest BCUT2D eigenvalue weighted by molar-refractivity contribution is -0.113. The first-order valence-electron chi connectivity index (χ1n) is 10.2. The van der Waals surface area contributed by atoms with E-state index in [1.54, 1.807) is 0 Å².